The Bertz CT molecular complexity index is 401. The summed E-state index contributed by atoms with van der Waals surface area (Å²) in [6.07, 6.45) is 0.456. The van der Waals surface area contributed by atoms with Crippen molar-refractivity contribution >= 4 is 0 Å². The highest BCUT2D eigenvalue weighted by Crippen LogP contribution is 2.17. The van der Waals surface area contributed by atoms with Gasteiger partial charge in [-0.05, 0) is 37.6 Å². The number of benzene rings is 1. The first-order valence-electron chi connectivity index (χ1n) is 5.72. The molecule has 1 aromatic carbocycles. The highest BCUT2D eigenvalue weighted by molar-refractivity contribution is 5.30. The molecule has 0 aliphatic heterocycles. The quantitative estimate of drug-likeness (QED) is 0.772. The van der Waals surface area contributed by atoms with E-state index in [0.717, 1.165) is 18.5 Å². The van der Waals surface area contributed by atoms with Crippen LogP contribution in [0.15, 0.2) is 18.2 Å². The summed E-state index contributed by atoms with van der Waals surface area (Å²) in [4.78, 5) is 0. The maximum absolute atomic E-state index is 13.3. The zero-order chi connectivity index (χ0) is 12.7. The van der Waals surface area contributed by atoms with Gasteiger partial charge in [-0.1, -0.05) is 6.92 Å². The number of nitriles is 1. The first kappa shape index (κ1) is 13.5. The minimum absolute atomic E-state index is 0.346. The molecule has 17 heavy (non-hydrogen) atoms. The summed E-state index contributed by atoms with van der Waals surface area (Å²) >= 11 is 0. The molecular weight excluding hydrogens is 219 g/mol. The molecule has 0 aliphatic rings. The third kappa shape index (κ3) is 4.83. The molecular formula is C13H17FN2O. The molecule has 0 aromatic heterocycles. The molecule has 1 atom stereocenters. The van der Waals surface area contributed by atoms with Gasteiger partial charge in [-0.3, -0.25) is 0 Å². The van der Waals surface area contributed by atoms with Crippen molar-refractivity contribution in [3.63, 3.8) is 0 Å². The number of rotatable bonds is 6. The van der Waals surface area contributed by atoms with Gasteiger partial charge in [0.2, 0.25) is 0 Å². The van der Waals surface area contributed by atoms with Crippen LogP contribution in [0.5, 0.6) is 5.75 Å². The zero-order valence-corrected chi connectivity index (χ0v) is 10.2. The third-order valence-corrected chi connectivity index (χ3v) is 2.18. The second kappa shape index (κ2) is 6.87. The fraction of sp³-hybridized carbons (Fsp3) is 0.462. The lowest BCUT2D eigenvalue weighted by molar-refractivity contribution is 0.275. The SMILES string of the molecule is CCCNCc1cc(F)cc(OC(C)C#N)c1. The van der Waals surface area contributed by atoms with E-state index in [1.165, 1.54) is 12.1 Å². The summed E-state index contributed by atoms with van der Waals surface area (Å²) in [5.74, 6) is 0.0493. The molecule has 0 bridgehead atoms. The third-order valence-electron chi connectivity index (χ3n) is 2.18. The Labute approximate surface area is 101 Å². The highest BCUT2D eigenvalue weighted by atomic mass is 19.1. The highest BCUT2D eigenvalue weighted by Gasteiger charge is 2.05. The van der Waals surface area contributed by atoms with Crippen LogP contribution in [-0.4, -0.2) is 12.6 Å². The lowest BCUT2D eigenvalue weighted by Crippen LogP contribution is -2.14. The van der Waals surface area contributed by atoms with Crippen LogP contribution in [0.2, 0.25) is 0 Å². The van der Waals surface area contributed by atoms with Crippen molar-refractivity contribution < 1.29 is 9.13 Å². The lowest BCUT2D eigenvalue weighted by atomic mass is 10.2. The van der Waals surface area contributed by atoms with Crippen LogP contribution < -0.4 is 10.1 Å². The largest absolute Gasteiger partial charge is 0.476 e. The van der Waals surface area contributed by atoms with Crippen LogP contribution in [0.1, 0.15) is 25.8 Å². The topological polar surface area (TPSA) is 45.0 Å². The van der Waals surface area contributed by atoms with Crippen LogP contribution >= 0.6 is 0 Å². The zero-order valence-electron chi connectivity index (χ0n) is 10.2. The minimum atomic E-state index is -0.576. The van der Waals surface area contributed by atoms with E-state index in [9.17, 15) is 4.39 Å². The normalized spacial score (nSPS) is 11.9. The second-order valence-electron chi connectivity index (χ2n) is 3.86. The van der Waals surface area contributed by atoms with Gasteiger partial charge >= 0.3 is 0 Å². The monoisotopic (exact) mass is 236 g/mol. The Morgan fingerprint density at radius 3 is 2.88 bits per heavy atom. The summed E-state index contributed by atoms with van der Waals surface area (Å²) in [6.45, 7) is 5.19. The standard InChI is InChI=1S/C13H17FN2O/c1-3-4-16-9-11-5-12(14)7-13(6-11)17-10(2)8-15/h5-7,10,16H,3-4,9H2,1-2H3. The molecule has 1 rings (SSSR count). The number of ether oxygens (including phenoxy) is 1. The van der Waals surface area contributed by atoms with Crippen molar-refractivity contribution in [1.29, 1.82) is 5.26 Å². The summed E-state index contributed by atoms with van der Waals surface area (Å²) in [7, 11) is 0. The van der Waals surface area contributed by atoms with Crippen molar-refractivity contribution in [3.8, 4) is 11.8 Å². The molecule has 1 N–H and O–H groups in total. The van der Waals surface area contributed by atoms with Gasteiger partial charge in [-0.25, -0.2) is 4.39 Å². The van der Waals surface area contributed by atoms with Gasteiger partial charge in [-0.2, -0.15) is 5.26 Å². The fourth-order valence-corrected chi connectivity index (χ4v) is 1.43. The predicted octanol–water partition coefficient (Wildman–Crippen LogP) is 2.62. The van der Waals surface area contributed by atoms with E-state index in [1.54, 1.807) is 13.0 Å². The van der Waals surface area contributed by atoms with Gasteiger partial charge in [0.25, 0.3) is 0 Å². The molecule has 0 saturated heterocycles. The van der Waals surface area contributed by atoms with E-state index < -0.39 is 6.10 Å². The molecule has 0 fully saturated rings. The summed E-state index contributed by atoms with van der Waals surface area (Å²) in [5, 5.41) is 11.8. The van der Waals surface area contributed by atoms with Gasteiger partial charge in [0.1, 0.15) is 17.6 Å². The van der Waals surface area contributed by atoms with Gasteiger partial charge in [0.15, 0.2) is 6.10 Å². The molecule has 3 nitrogen and oxygen atoms in total. The summed E-state index contributed by atoms with van der Waals surface area (Å²) in [6, 6.07) is 6.45. The Balaban J connectivity index is 2.69. The van der Waals surface area contributed by atoms with Gasteiger partial charge in [-0.15, -0.1) is 0 Å². The second-order valence-corrected chi connectivity index (χ2v) is 3.86. The molecule has 92 valence electrons. The van der Waals surface area contributed by atoms with E-state index in [1.807, 2.05) is 6.07 Å². The number of nitrogens with one attached hydrogen (secondary N) is 1. The van der Waals surface area contributed by atoms with E-state index in [-0.39, 0.29) is 5.82 Å². The molecule has 1 aromatic rings. The van der Waals surface area contributed by atoms with Crippen molar-refractivity contribution in [2.24, 2.45) is 0 Å². The number of halogens is 1. The Hall–Kier alpha value is -1.60. The van der Waals surface area contributed by atoms with Crippen molar-refractivity contribution in [2.75, 3.05) is 6.54 Å². The fourth-order valence-electron chi connectivity index (χ4n) is 1.43. The van der Waals surface area contributed by atoms with E-state index in [4.69, 9.17) is 10.00 Å². The van der Waals surface area contributed by atoms with E-state index >= 15 is 0 Å². The molecule has 0 heterocycles. The average Bonchev–Trinajstić information content (AvgIpc) is 2.28. The number of hydrogen-bond donors (Lipinski definition) is 1. The number of hydrogen-bond acceptors (Lipinski definition) is 3. The Morgan fingerprint density at radius 1 is 1.47 bits per heavy atom. The predicted molar refractivity (Wildman–Crippen MR) is 64.1 cm³/mol. The van der Waals surface area contributed by atoms with Gasteiger partial charge in [0, 0.05) is 12.6 Å². The summed E-state index contributed by atoms with van der Waals surface area (Å²) < 4.78 is 18.6. The molecule has 0 radical (unpaired) electrons. The van der Waals surface area contributed by atoms with Crippen LogP contribution in [0.3, 0.4) is 0 Å². The molecule has 4 heteroatoms. The van der Waals surface area contributed by atoms with Crippen LogP contribution in [0, 0.1) is 17.1 Å². The Kier molecular flexibility index (Phi) is 5.44. The van der Waals surface area contributed by atoms with Crippen LogP contribution in [0.25, 0.3) is 0 Å². The first-order chi connectivity index (χ1) is 8.15. The number of nitrogens with zero attached hydrogens (tertiary/aromatic N) is 1. The molecule has 0 amide bonds. The average molecular weight is 236 g/mol. The molecule has 1 unspecified atom stereocenters. The molecule has 0 saturated carbocycles. The van der Waals surface area contributed by atoms with E-state index in [0.29, 0.717) is 12.3 Å². The van der Waals surface area contributed by atoms with Gasteiger partial charge in [0.05, 0.1) is 0 Å². The van der Waals surface area contributed by atoms with Crippen molar-refractivity contribution in [2.45, 2.75) is 32.9 Å². The smallest absolute Gasteiger partial charge is 0.181 e. The molecule has 0 spiro atoms. The summed E-state index contributed by atoms with van der Waals surface area (Å²) in [5.41, 5.74) is 0.818. The maximum Gasteiger partial charge on any atom is 0.181 e. The van der Waals surface area contributed by atoms with Gasteiger partial charge < -0.3 is 10.1 Å². The lowest BCUT2D eigenvalue weighted by Gasteiger charge is -2.10. The Morgan fingerprint density at radius 2 is 2.24 bits per heavy atom. The van der Waals surface area contributed by atoms with Crippen LogP contribution in [0.4, 0.5) is 4.39 Å². The van der Waals surface area contributed by atoms with E-state index in [2.05, 4.69) is 12.2 Å². The first-order valence-corrected chi connectivity index (χ1v) is 5.72. The van der Waals surface area contributed by atoms with Crippen molar-refractivity contribution in [3.05, 3.63) is 29.6 Å². The maximum atomic E-state index is 13.3. The van der Waals surface area contributed by atoms with Crippen molar-refractivity contribution in [1.82, 2.24) is 5.32 Å². The molecule has 0 aliphatic carbocycles. The van der Waals surface area contributed by atoms with Crippen LogP contribution in [-0.2, 0) is 6.54 Å². The minimum Gasteiger partial charge on any atom is -0.476 e.